The predicted molar refractivity (Wildman–Crippen MR) is 118 cm³/mol. The van der Waals surface area contributed by atoms with Crippen LogP contribution in [0.1, 0.15) is 49.5 Å². The van der Waals surface area contributed by atoms with Crippen LogP contribution >= 0.6 is 0 Å². The largest absolute Gasteiger partial charge is 0.497 e. The van der Waals surface area contributed by atoms with Crippen molar-refractivity contribution in [2.45, 2.75) is 63.8 Å². The van der Waals surface area contributed by atoms with Gasteiger partial charge in [0, 0.05) is 19.6 Å². The van der Waals surface area contributed by atoms with Crippen molar-refractivity contribution in [3.8, 4) is 11.5 Å². The number of hydrogen-bond acceptors (Lipinski definition) is 8. The third kappa shape index (κ3) is 6.11. The summed E-state index contributed by atoms with van der Waals surface area (Å²) >= 11 is 0. The number of aliphatic hydroxyl groups excluding tert-OH is 1. The molecule has 0 amide bonds. The minimum atomic E-state index is -1.50. The second kappa shape index (κ2) is 10.6. The monoisotopic (exact) mass is 466 g/mol. The molecule has 0 radical (unpaired) electrons. The summed E-state index contributed by atoms with van der Waals surface area (Å²) in [4.78, 5) is 13.1. The number of esters is 1. The molecule has 3 unspecified atom stereocenters. The number of fused-ring (bicyclic) bond motifs is 2. The molecule has 1 aromatic rings. The highest BCUT2D eigenvalue weighted by Crippen LogP contribution is 2.35. The summed E-state index contributed by atoms with van der Waals surface area (Å²) in [5, 5.41) is 10.5. The van der Waals surface area contributed by atoms with Crippen molar-refractivity contribution in [2.24, 2.45) is 0 Å². The average molecular weight is 467 g/mol. The van der Waals surface area contributed by atoms with Crippen molar-refractivity contribution in [3.63, 3.8) is 0 Å². The zero-order valence-electron chi connectivity index (χ0n) is 19.5. The van der Waals surface area contributed by atoms with Gasteiger partial charge in [-0.15, -0.1) is 0 Å². The van der Waals surface area contributed by atoms with Crippen LogP contribution in [0.25, 0.3) is 6.08 Å². The Morgan fingerprint density at radius 3 is 2.67 bits per heavy atom. The number of carbonyl (C=O) groups excluding carboxylic acids is 1. The topological polar surface area (TPSA) is 92.7 Å². The molecule has 182 valence electrons. The third-order valence-corrected chi connectivity index (χ3v) is 5.31. The van der Waals surface area contributed by atoms with E-state index in [1.165, 1.54) is 20.3 Å². The standard InChI is InChI=1S/C24H31FO8/c1-14-9-10-17(25)21(26)22-18(32-24(2,3)33-22)8-6-7-15-11-16(29-5)12-19(30-13-28-4)20(15)23(27)31-14/h6-7,10-12,14,18,21-22,26H,8-9,13H2,1-5H3/b7-6+,17-10+/t14?,18-,21?,22?/m0/s1. The number of rotatable bonds is 4. The zero-order chi connectivity index (χ0) is 24.2. The van der Waals surface area contributed by atoms with Crippen molar-refractivity contribution in [3.05, 3.63) is 41.2 Å². The highest BCUT2D eigenvalue weighted by atomic mass is 19.1. The second-order valence-corrected chi connectivity index (χ2v) is 8.40. The number of methoxy groups -OCH3 is 2. The Kier molecular flexibility index (Phi) is 8.12. The lowest BCUT2D eigenvalue weighted by atomic mass is 10.0. The van der Waals surface area contributed by atoms with Crippen LogP contribution in [0.2, 0.25) is 0 Å². The first kappa shape index (κ1) is 25.2. The van der Waals surface area contributed by atoms with E-state index in [9.17, 15) is 14.3 Å². The lowest BCUT2D eigenvalue weighted by Gasteiger charge is -2.22. The molecule has 4 atom stereocenters. The second-order valence-electron chi connectivity index (χ2n) is 8.40. The van der Waals surface area contributed by atoms with Gasteiger partial charge >= 0.3 is 5.97 Å². The van der Waals surface area contributed by atoms with E-state index in [1.54, 1.807) is 45.1 Å². The molecule has 0 aliphatic carbocycles. The van der Waals surface area contributed by atoms with Gasteiger partial charge < -0.3 is 33.5 Å². The molecule has 1 aromatic carbocycles. The summed E-state index contributed by atoms with van der Waals surface area (Å²) in [6.45, 7) is 4.97. The van der Waals surface area contributed by atoms with E-state index in [0.717, 1.165) is 0 Å². The third-order valence-electron chi connectivity index (χ3n) is 5.31. The molecule has 8 nitrogen and oxygen atoms in total. The Labute approximate surface area is 192 Å². The Hall–Kier alpha value is -2.46. The summed E-state index contributed by atoms with van der Waals surface area (Å²) in [6.07, 6.45) is 1.37. The number of benzene rings is 1. The van der Waals surface area contributed by atoms with E-state index in [1.807, 2.05) is 0 Å². The van der Waals surface area contributed by atoms with E-state index in [0.29, 0.717) is 17.7 Å². The van der Waals surface area contributed by atoms with Crippen LogP contribution in [0.5, 0.6) is 11.5 Å². The van der Waals surface area contributed by atoms with Crippen molar-refractivity contribution >= 4 is 12.0 Å². The average Bonchev–Trinajstić information content (AvgIpc) is 3.08. The molecular formula is C24H31FO8. The number of ether oxygens (including phenoxy) is 6. The van der Waals surface area contributed by atoms with Gasteiger partial charge in [0.15, 0.2) is 12.6 Å². The summed E-state index contributed by atoms with van der Waals surface area (Å²) in [5.41, 5.74) is 0.699. The summed E-state index contributed by atoms with van der Waals surface area (Å²) in [5.74, 6) is -1.66. The first-order chi connectivity index (χ1) is 15.6. The first-order valence-corrected chi connectivity index (χ1v) is 10.8. The molecule has 1 fully saturated rings. The van der Waals surface area contributed by atoms with Gasteiger partial charge in [0.25, 0.3) is 0 Å². The highest BCUT2D eigenvalue weighted by Gasteiger charge is 2.45. The fourth-order valence-electron chi connectivity index (χ4n) is 3.80. The molecule has 0 aromatic heterocycles. The van der Waals surface area contributed by atoms with E-state index in [-0.39, 0.29) is 24.5 Å². The van der Waals surface area contributed by atoms with E-state index in [4.69, 9.17) is 28.4 Å². The molecule has 2 aliphatic rings. The van der Waals surface area contributed by atoms with E-state index >= 15 is 0 Å². The molecule has 9 heteroatoms. The quantitative estimate of drug-likeness (QED) is 0.530. The minimum absolute atomic E-state index is 0.0614. The number of hydrogen-bond donors (Lipinski definition) is 1. The lowest BCUT2D eigenvalue weighted by molar-refractivity contribution is -0.153. The number of aliphatic hydroxyl groups is 1. The lowest BCUT2D eigenvalue weighted by Crippen LogP contribution is -2.36. The van der Waals surface area contributed by atoms with Crippen molar-refractivity contribution in [2.75, 3.05) is 21.0 Å². The fourth-order valence-corrected chi connectivity index (χ4v) is 3.80. The van der Waals surface area contributed by atoms with Crippen LogP contribution in [0, 0.1) is 0 Å². The van der Waals surface area contributed by atoms with Crippen molar-refractivity contribution < 1.29 is 42.7 Å². The molecule has 2 heterocycles. The molecular weight excluding hydrogens is 435 g/mol. The smallest absolute Gasteiger partial charge is 0.342 e. The molecule has 0 saturated carbocycles. The summed E-state index contributed by atoms with van der Waals surface area (Å²) < 4.78 is 47.9. The van der Waals surface area contributed by atoms with E-state index in [2.05, 4.69) is 0 Å². The maximum Gasteiger partial charge on any atom is 0.342 e. The van der Waals surface area contributed by atoms with Crippen LogP contribution < -0.4 is 9.47 Å². The van der Waals surface area contributed by atoms with Crippen LogP contribution in [0.4, 0.5) is 4.39 Å². The zero-order valence-corrected chi connectivity index (χ0v) is 19.5. The molecule has 0 bridgehead atoms. The molecule has 1 N–H and O–H groups in total. The van der Waals surface area contributed by atoms with Gasteiger partial charge in [-0.2, -0.15) is 0 Å². The number of halogens is 1. The van der Waals surface area contributed by atoms with Crippen molar-refractivity contribution in [1.82, 2.24) is 0 Å². The number of carbonyl (C=O) groups is 1. The predicted octanol–water partition coefficient (Wildman–Crippen LogP) is 3.76. The van der Waals surface area contributed by atoms with Gasteiger partial charge in [-0.25, -0.2) is 9.18 Å². The van der Waals surface area contributed by atoms with Gasteiger partial charge in [0.2, 0.25) is 0 Å². The Balaban J connectivity index is 2.05. The SMILES string of the molecule is COCOc1cc(OC)cc2c1C(=O)OC(C)C/C=C(/F)C(O)C1OC(C)(C)O[C@H]1C/C=C/2. The van der Waals surface area contributed by atoms with Crippen LogP contribution in [0.15, 0.2) is 30.1 Å². The maximum atomic E-state index is 14.7. The molecule has 3 rings (SSSR count). The number of cyclic esters (lactones) is 1. The van der Waals surface area contributed by atoms with E-state index < -0.39 is 42.0 Å². The molecule has 1 saturated heterocycles. The molecule has 33 heavy (non-hydrogen) atoms. The molecule has 2 aliphatic heterocycles. The van der Waals surface area contributed by atoms with Gasteiger partial charge in [-0.05, 0) is 44.9 Å². The maximum absolute atomic E-state index is 14.7. The van der Waals surface area contributed by atoms with Crippen LogP contribution in [-0.2, 0) is 18.9 Å². The van der Waals surface area contributed by atoms with Crippen LogP contribution in [-0.4, -0.2) is 62.3 Å². The first-order valence-electron chi connectivity index (χ1n) is 10.8. The van der Waals surface area contributed by atoms with Crippen LogP contribution in [0.3, 0.4) is 0 Å². The van der Waals surface area contributed by atoms with Gasteiger partial charge in [-0.1, -0.05) is 12.2 Å². The van der Waals surface area contributed by atoms with Gasteiger partial charge in [0.05, 0.1) is 13.2 Å². The normalized spacial score (nSPS) is 30.2. The Morgan fingerprint density at radius 2 is 1.97 bits per heavy atom. The van der Waals surface area contributed by atoms with Gasteiger partial charge in [0.1, 0.15) is 41.2 Å². The fraction of sp³-hybridized carbons (Fsp3) is 0.542. The summed E-state index contributed by atoms with van der Waals surface area (Å²) in [6, 6.07) is 3.26. The Bertz CT molecular complexity index is 910. The summed E-state index contributed by atoms with van der Waals surface area (Å²) in [7, 11) is 2.98. The van der Waals surface area contributed by atoms with Crippen molar-refractivity contribution in [1.29, 1.82) is 0 Å². The minimum Gasteiger partial charge on any atom is -0.497 e. The highest BCUT2D eigenvalue weighted by molar-refractivity contribution is 5.97. The molecule has 0 spiro atoms. The van der Waals surface area contributed by atoms with Gasteiger partial charge in [-0.3, -0.25) is 0 Å². The Morgan fingerprint density at radius 1 is 1.21 bits per heavy atom.